The smallest absolute Gasteiger partial charge is 0.852 e. The molecule has 1 aliphatic rings. The summed E-state index contributed by atoms with van der Waals surface area (Å²) >= 11 is 1.74. The standard InChI is InChI=1S/C6H12NOS.K/c1-9-7-4-2-6(8)3-5-7;/h6H,2-5H2,1H3;/q-1;+1. The Morgan fingerprint density at radius 3 is 2.30 bits per heavy atom. The fraction of sp³-hybridized carbons (Fsp3) is 1.00. The van der Waals surface area contributed by atoms with Crippen molar-refractivity contribution in [3.8, 4) is 0 Å². The second kappa shape index (κ2) is 6.43. The maximum absolute atomic E-state index is 10.8. The van der Waals surface area contributed by atoms with Gasteiger partial charge in [-0.3, -0.25) is 4.31 Å². The summed E-state index contributed by atoms with van der Waals surface area (Å²) in [6, 6.07) is 0. The third-order valence-electron chi connectivity index (χ3n) is 1.66. The van der Waals surface area contributed by atoms with Crippen LogP contribution in [0.5, 0.6) is 0 Å². The summed E-state index contributed by atoms with van der Waals surface area (Å²) in [6.45, 7) is 1.96. The molecule has 1 fully saturated rings. The third-order valence-corrected chi connectivity index (χ3v) is 2.54. The van der Waals surface area contributed by atoms with Crippen LogP contribution in [0.15, 0.2) is 0 Å². The molecule has 1 aliphatic heterocycles. The average molecular weight is 185 g/mol. The van der Waals surface area contributed by atoms with Gasteiger partial charge in [0.1, 0.15) is 0 Å². The van der Waals surface area contributed by atoms with Gasteiger partial charge in [-0.15, -0.1) is 6.10 Å². The van der Waals surface area contributed by atoms with Crippen molar-refractivity contribution in [3.63, 3.8) is 0 Å². The van der Waals surface area contributed by atoms with Gasteiger partial charge < -0.3 is 5.11 Å². The van der Waals surface area contributed by atoms with Crippen LogP contribution in [0.3, 0.4) is 0 Å². The average Bonchev–Trinajstić information content (AvgIpc) is 1.90. The number of hydrogen-bond donors (Lipinski definition) is 0. The Balaban J connectivity index is 0.000000810. The summed E-state index contributed by atoms with van der Waals surface area (Å²) in [7, 11) is 0. The largest absolute Gasteiger partial charge is 1.00 e. The fourth-order valence-corrected chi connectivity index (χ4v) is 1.59. The van der Waals surface area contributed by atoms with Crippen molar-refractivity contribution in [2.24, 2.45) is 0 Å². The van der Waals surface area contributed by atoms with Crippen molar-refractivity contribution in [2.45, 2.75) is 18.9 Å². The minimum Gasteiger partial charge on any atom is -0.852 e. The van der Waals surface area contributed by atoms with E-state index in [4.69, 9.17) is 0 Å². The molecule has 0 amide bonds. The van der Waals surface area contributed by atoms with Crippen molar-refractivity contribution < 1.29 is 56.5 Å². The Morgan fingerprint density at radius 1 is 1.40 bits per heavy atom. The van der Waals surface area contributed by atoms with Crippen molar-refractivity contribution in [1.29, 1.82) is 0 Å². The van der Waals surface area contributed by atoms with Gasteiger partial charge in [-0.1, -0.05) is 24.8 Å². The Labute approximate surface area is 109 Å². The van der Waals surface area contributed by atoms with Gasteiger partial charge in [-0.05, 0) is 6.26 Å². The molecule has 1 saturated heterocycles. The zero-order valence-electron chi connectivity index (χ0n) is 6.67. The molecule has 4 heteroatoms. The van der Waals surface area contributed by atoms with Gasteiger partial charge in [0.05, 0.1) is 0 Å². The Hall–Kier alpha value is 1.91. The third kappa shape index (κ3) is 4.06. The monoisotopic (exact) mass is 185 g/mol. The number of piperidine rings is 1. The van der Waals surface area contributed by atoms with E-state index in [1.165, 1.54) is 0 Å². The van der Waals surface area contributed by atoms with Crippen LogP contribution >= 0.6 is 11.9 Å². The maximum atomic E-state index is 10.8. The van der Waals surface area contributed by atoms with Gasteiger partial charge in [-0.2, -0.15) is 0 Å². The summed E-state index contributed by atoms with van der Waals surface area (Å²) in [5, 5.41) is 10.8. The minimum atomic E-state index is -0.284. The van der Waals surface area contributed by atoms with Gasteiger partial charge in [-0.25, -0.2) is 0 Å². The molecule has 0 radical (unpaired) electrons. The van der Waals surface area contributed by atoms with E-state index in [9.17, 15) is 5.11 Å². The normalized spacial score (nSPS) is 22.2. The first kappa shape index (κ1) is 11.9. The van der Waals surface area contributed by atoms with Crippen LogP contribution in [-0.2, 0) is 0 Å². The van der Waals surface area contributed by atoms with E-state index in [0.717, 1.165) is 25.9 Å². The first-order valence-corrected chi connectivity index (χ1v) is 4.46. The number of rotatable bonds is 1. The second-order valence-corrected chi connectivity index (χ2v) is 3.19. The van der Waals surface area contributed by atoms with Gasteiger partial charge in [0, 0.05) is 13.1 Å². The molecule has 0 aromatic heterocycles. The van der Waals surface area contributed by atoms with E-state index in [1.54, 1.807) is 11.9 Å². The molecule has 0 aromatic carbocycles. The van der Waals surface area contributed by atoms with Crippen LogP contribution in [0.1, 0.15) is 12.8 Å². The molecule has 0 spiro atoms. The summed E-state index contributed by atoms with van der Waals surface area (Å²) in [5.74, 6) is 0. The van der Waals surface area contributed by atoms with Crippen LogP contribution in [0, 0.1) is 0 Å². The predicted octanol–water partition coefficient (Wildman–Crippen LogP) is -2.91. The van der Waals surface area contributed by atoms with E-state index in [2.05, 4.69) is 10.6 Å². The Kier molecular flexibility index (Phi) is 7.65. The zero-order valence-corrected chi connectivity index (χ0v) is 10.6. The first-order valence-electron chi connectivity index (χ1n) is 3.28. The number of hydrogen-bond acceptors (Lipinski definition) is 3. The van der Waals surface area contributed by atoms with Gasteiger partial charge in [0.2, 0.25) is 0 Å². The van der Waals surface area contributed by atoms with E-state index in [-0.39, 0.29) is 57.5 Å². The van der Waals surface area contributed by atoms with Gasteiger partial charge in [0.25, 0.3) is 0 Å². The number of nitrogens with zero attached hydrogens (tertiary/aromatic N) is 1. The van der Waals surface area contributed by atoms with Crippen molar-refractivity contribution >= 4 is 11.9 Å². The topological polar surface area (TPSA) is 26.3 Å². The van der Waals surface area contributed by atoms with E-state index in [0.29, 0.717) is 0 Å². The second-order valence-electron chi connectivity index (χ2n) is 2.31. The van der Waals surface area contributed by atoms with Crippen molar-refractivity contribution in [3.05, 3.63) is 0 Å². The predicted molar refractivity (Wildman–Crippen MR) is 38.1 cm³/mol. The van der Waals surface area contributed by atoms with Crippen LogP contribution < -0.4 is 56.5 Å². The summed E-state index contributed by atoms with van der Waals surface area (Å²) in [5.41, 5.74) is 0. The van der Waals surface area contributed by atoms with E-state index in [1.807, 2.05) is 0 Å². The molecule has 0 atom stereocenters. The van der Waals surface area contributed by atoms with Crippen LogP contribution in [0.4, 0.5) is 0 Å². The minimum absolute atomic E-state index is 0. The fourth-order valence-electron chi connectivity index (χ4n) is 1.01. The molecule has 0 aromatic rings. The van der Waals surface area contributed by atoms with Crippen molar-refractivity contribution in [2.75, 3.05) is 19.3 Å². The molecule has 1 heterocycles. The molecule has 1 rings (SSSR count). The molecule has 0 saturated carbocycles. The summed E-state index contributed by atoms with van der Waals surface area (Å²) in [6.07, 6.45) is 3.45. The molecule has 54 valence electrons. The molecule has 10 heavy (non-hydrogen) atoms. The zero-order chi connectivity index (χ0) is 6.69. The summed E-state index contributed by atoms with van der Waals surface area (Å²) in [4.78, 5) is 0. The van der Waals surface area contributed by atoms with Gasteiger partial charge >= 0.3 is 51.4 Å². The molecule has 0 unspecified atom stereocenters. The molecule has 2 nitrogen and oxygen atoms in total. The quantitative estimate of drug-likeness (QED) is 0.324. The molecular weight excluding hydrogens is 173 g/mol. The molecule has 0 bridgehead atoms. The Bertz CT molecular complexity index is 85.8. The van der Waals surface area contributed by atoms with Crippen LogP contribution in [0.25, 0.3) is 0 Å². The van der Waals surface area contributed by atoms with E-state index < -0.39 is 0 Å². The van der Waals surface area contributed by atoms with Crippen molar-refractivity contribution in [1.82, 2.24) is 4.31 Å². The van der Waals surface area contributed by atoms with Crippen LogP contribution in [0.2, 0.25) is 0 Å². The molecular formula is C6H12KNOS. The first-order chi connectivity index (χ1) is 4.33. The van der Waals surface area contributed by atoms with Gasteiger partial charge in [0.15, 0.2) is 0 Å². The van der Waals surface area contributed by atoms with E-state index >= 15 is 0 Å². The van der Waals surface area contributed by atoms with Crippen LogP contribution in [-0.4, -0.2) is 29.8 Å². The Morgan fingerprint density at radius 2 is 1.90 bits per heavy atom. The molecule has 0 aliphatic carbocycles. The summed E-state index contributed by atoms with van der Waals surface area (Å²) < 4.78 is 2.24. The SMILES string of the molecule is CSN1CCC([O-])CC1.[K+]. The maximum Gasteiger partial charge on any atom is 1.00 e. The molecule has 0 N–H and O–H groups in total.